The van der Waals surface area contributed by atoms with E-state index in [4.69, 9.17) is 12.2 Å². The predicted molar refractivity (Wildman–Crippen MR) is 191 cm³/mol. The number of aryl methyl sites for hydroxylation is 2. The lowest BCUT2D eigenvalue weighted by Gasteiger charge is -2.33. The van der Waals surface area contributed by atoms with E-state index in [-0.39, 0.29) is 22.5 Å². The maximum atomic E-state index is 13.8. The normalized spacial score (nSPS) is 19.0. The van der Waals surface area contributed by atoms with E-state index in [9.17, 15) is 9.59 Å². The van der Waals surface area contributed by atoms with Crippen LogP contribution in [0.5, 0.6) is 0 Å². The molecular weight excluding hydrogens is 589 g/mol. The molecule has 3 heterocycles. The van der Waals surface area contributed by atoms with Gasteiger partial charge in [-0.3, -0.25) is 19.4 Å². The number of carbonyl (C=O) groups excluding carboxylic acids is 2. The van der Waals surface area contributed by atoms with E-state index in [2.05, 4.69) is 120 Å². The summed E-state index contributed by atoms with van der Waals surface area (Å²) in [6, 6.07) is 25.5. The van der Waals surface area contributed by atoms with Gasteiger partial charge in [-0.2, -0.15) is 0 Å². The second kappa shape index (κ2) is 10.4. The van der Waals surface area contributed by atoms with Gasteiger partial charge in [-0.1, -0.05) is 72.8 Å². The van der Waals surface area contributed by atoms with Gasteiger partial charge in [0.1, 0.15) is 5.57 Å². The second-order valence-electron chi connectivity index (χ2n) is 12.2. The summed E-state index contributed by atoms with van der Waals surface area (Å²) >= 11 is 5.42. The molecule has 1 saturated heterocycles. The van der Waals surface area contributed by atoms with Crippen molar-refractivity contribution in [3.63, 3.8) is 0 Å². The highest BCUT2D eigenvalue weighted by molar-refractivity contribution is 7.80. The Kier molecular flexibility index (Phi) is 6.38. The predicted octanol–water partition coefficient (Wildman–Crippen LogP) is 5.83. The minimum atomic E-state index is -0.368. The van der Waals surface area contributed by atoms with Crippen molar-refractivity contribution in [1.29, 1.82) is 0 Å². The summed E-state index contributed by atoms with van der Waals surface area (Å²) in [6.45, 7) is 0. The van der Waals surface area contributed by atoms with Crippen LogP contribution in [0.1, 0.15) is 12.8 Å². The highest BCUT2D eigenvalue weighted by Gasteiger charge is 2.40. The number of amides is 2. The molecule has 6 nitrogen and oxygen atoms in total. The van der Waals surface area contributed by atoms with Gasteiger partial charge in [0.15, 0.2) is 5.11 Å². The third-order valence-corrected chi connectivity index (χ3v) is 10.4. The molecule has 0 N–H and O–H groups in total. The van der Waals surface area contributed by atoms with Crippen molar-refractivity contribution in [2.24, 2.45) is 14.1 Å². The maximum absolute atomic E-state index is 13.8. The van der Waals surface area contributed by atoms with Gasteiger partial charge in [0.25, 0.3) is 11.8 Å². The van der Waals surface area contributed by atoms with E-state index < -0.39 is 0 Å². The number of aromatic nitrogens is 2. The van der Waals surface area contributed by atoms with E-state index in [1.807, 2.05) is 0 Å². The first-order valence-corrected chi connectivity index (χ1v) is 15.9. The van der Waals surface area contributed by atoms with Crippen molar-refractivity contribution in [1.82, 2.24) is 18.9 Å². The Morgan fingerprint density at radius 1 is 0.565 bits per heavy atom. The fourth-order valence-corrected chi connectivity index (χ4v) is 7.60. The number of allylic oxidation sites excluding steroid dienone is 5. The Morgan fingerprint density at radius 2 is 0.978 bits per heavy atom. The molecule has 1 aliphatic carbocycles. The van der Waals surface area contributed by atoms with E-state index in [1.165, 1.54) is 53.2 Å². The number of thiocarbonyl (C=S) groups is 1. The lowest BCUT2D eigenvalue weighted by atomic mass is 9.95. The summed E-state index contributed by atoms with van der Waals surface area (Å²) in [4.78, 5) is 30.3. The van der Waals surface area contributed by atoms with Crippen LogP contribution in [0.2, 0.25) is 0 Å². The molecule has 46 heavy (non-hydrogen) atoms. The van der Waals surface area contributed by atoms with E-state index in [0.717, 1.165) is 21.8 Å². The molecule has 4 aromatic carbocycles. The van der Waals surface area contributed by atoms with Crippen molar-refractivity contribution < 1.29 is 9.59 Å². The summed E-state index contributed by atoms with van der Waals surface area (Å²) in [5.74, 6) is -0.736. The van der Waals surface area contributed by atoms with E-state index in [0.29, 0.717) is 18.4 Å². The number of benzene rings is 4. The van der Waals surface area contributed by atoms with E-state index in [1.54, 1.807) is 14.1 Å². The quantitative estimate of drug-likeness (QED) is 0.139. The molecule has 2 aliphatic rings. The third-order valence-electron chi connectivity index (χ3n) is 9.81. The van der Waals surface area contributed by atoms with Crippen molar-refractivity contribution in [3.05, 3.63) is 118 Å². The molecule has 2 aromatic heterocycles. The monoisotopic (exact) mass is 620 g/mol. The second-order valence-corrected chi connectivity index (χ2v) is 12.6. The zero-order chi connectivity index (χ0) is 31.9. The van der Waals surface area contributed by atoms with Gasteiger partial charge < -0.3 is 9.13 Å². The van der Waals surface area contributed by atoms with Gasteiger partial charge >= 0.3 is 0 Å². The summed E-state index contributed by atoms with van der Waals surface area (Å²) < 4.78 is 4.42. The van der Waals surface area contributed by atoms with Crippen LogP contribution in [0.15, 0.2) is 107 Å². The first-order chi connectivity index (χ1) is 22.3. The minimum Gasteiger partial charge on any atom is -0.344 e. The molecule has 0 spiro atoms. The fraction of sp³-hybridized carbons (Fsp3) is 0.154. The fourth-order valence-electron chi connectivity index (χ4n) is 7.43. The number of hydrogen-bond donors (Lipinski definition) is 0. The van der Waals surface area contributed by atoms with Gasteiger partial charge in [0.2, 0.25) is 0 Å². The first-order valence-electron chi connectivity index (χ1n) is 15.4. The largest absolute Gasteiger partial charge is 0.344 e. The number of carbonyl (C=O) groups is 2. The van der Waals surface area contributed by atoms with Crippen LogP contribution in [0.25, 0.3) is 55.5 Å². The van der Waals surface area contributed by atoms with Crippen LogP contribution in [0.3, 0.4) is 0 Å². The SMILES string of the molecule is CN1C(=O)C(=C2/C(=C\C=c3\c4cccc5cccc(c54)n3C)CC/C2=C/C=c2/c3cccc4cccc(c43)n2C)C(=O)N(C)C1=S. The summed E-state index contributed by atoms with van der Waals surface area (Å²) in [6.07, 6.45) is 9.87. The Balaban J connectivity index is 1.36. The molecule has 0 bridgehead atoms. The van der Waals surface area contributed by atoms with E-state index >= 15 is 0 Å². The van der Waals surface area contributed by atoms with Crippen molar-refractivity contribution in [2.45, 2.75) is 12.8 Å². The van der Waals surface area contributed by atoms with Crippen molar-refractivity contribution in [2.75, 3.05) is 14.1 Å². The summed E-state index contributed by atoms with van der Waals surface area (Å²) in [5.41, 5.74) is 5.14. The molecule has 2 amide bonds. The van der Waals surface area contributed by atoms with Gasteiger partial charge in [0, 0.05) is 71.5 Å². The lowest BCUT2D eigenvalue weighted by molar-refractivity contribution is -0.132. The summed E-state index contributed by atoms with van der Waals surface area (Å²) in [7, 11) is 7.44. The number of hydrogen-bond acceptors (Lipinski definition) is 3. The average molecular weight is 621 g/mol. The maximum Gasteiger partial charge on any atom is 0.266 e. The zero-order valence-electron chi connectivity index (χ0n) is 26.2. The van der Waals surface area contributed by atoms with Gasteiger partial charge in [-0.05, 0) is 76.8 Å². The molecule has 0 atom stereocenters. The van der Waals surface area contributed by atoms with Crippen molar-refractivity contribution >= 4 is 84.6 Å². The molecule has 6 aromatic rings. The van der Waals surface area contributed by atoms with Crippen LogP contribution in [-0.2, 0) is 23.7 Å². The molecule has 7 heteroatoms. The molecule has 8 rings (SSSR count). The molecule has 1 saturated carbocycles. The molecule has 0 unspecified atom stereocenters. The van der Waals surface area contributed by atoms with Crippen LogP contribution < -0.4 is 10.7 Å². The van der Waals surface area contributed by atoms with Gasteiger partial charge in [0.05, 0.1) is 0 Å². The highest BCUT2D eigenvalue weighted by Crippen LogP contribution is 2.40. The molecule has 2 fully saturated rings. The lowest BCUT2D eigenvalue weighted by Crippen LogP contribution is -2.53. The van der Waals surface area contributed by atoms with Crippen LogP contribution in [0, 0.1) is 0 Å². The Hall–Kier alpha value is -5.27. The molecule has 1 aliphatic heterocycles. The minimum absolute atomic E-state index is 0.167. The zero-order valence-corrected chi connectivity index (χ0v) is 27.0. The number of likely N-dealkylation sites (N-methyl/N-ethyl adjacent to an activating group) is 2. The van der Waals surface area contributed by atoms with Crippen molar-refractivity contribution in [3.8, 4) is 0 Å². The average Bonchev–Trinajstić information content (AvgIpc) is 3.69. The topological polar surface area (TPSA) is 50.5 Å². The molecule has 226 valence electrons. The smallest absolute Gasteiger partial charge is 0.266 e. The van der Waals surface area contributed by atoms with Gasteiger partial charge in [-0.15, -0.1) is 0 Å². The van der Waals surface area contributed by atoms with Crippen LogP contribution in [0.4, 0.5) is 0 Å². The molecular formula is C39H32N4O2S. The van der Waals surface area contributed by atoms with Crippen LogP contribution in [-0.4, -0.2) is 50.0 Å². The Morgan fingerprint density at radius 3 is 1.41 bits per heavy atom. The Bertz CT molecular complexity index is 2360. The molecule has 0 radical (unpaired) electrons. The summed E-state index contributed by atoms with van der Waals surface area (Å²) in [5, 5.41) is 9.60. The van der Waals surface area contributed by atoms with Gasteiger partial charge in [-0.25, -0.2) is 0 Å². The number of rotatable bonds is 2. The third kappa shape index (κ3) is 3.98. The Labute approximate surface area is 271 Å². The van der Waals surface area contributed by atoms with Crippen LogP contribution >= 0.6 is 12.2 Å². The first kappa shape index (κ1) is 28.2. The highest BCUT2D eigenvalue weighted by atomic mass is 32.1. The number of nitrogens with zero attached hydrogens (tertiary/aromatic N) is 4. The standard InChI is InChI=1S/C39H32N4O2S/c1-40-29(27-13-5-9-23-11-7-15-31(40)34(23)27)21-19-25-17-18-26(33(25)36-37(44)42(3)39(46)43(4)38(36)45)20-22-30-28-14-6-10-24-12-8-16-32(35(24)28)41(30)2/h5-16,19-22H,17-18H2,1-4H3/b25-19-,26-20-,29-21-,30-22-.